The van der Waals surface area contributed by atoms with Crippen LogP contribution >= 0.6 is 11.3 Å². The molecule has 0 bridgehead atoms. The summed E-state index contributed by atoms with van der Waals surface area (Å²) in [7, 11) is 0. The third-order valence-corrected chi connectivity index (χ3v) is 6.10. The number of carbonyl (C=O) groups excluding carboxylic acids is 1. The highest BCUT2D eigenvalue weighted by Gasteiger charge is 2.27. The van der Waals surface area contributed by atoms with Crippen molar-refractivity contribution in [2.45, 2.75) is 39.5 Å². The molecule has 3 rings (SSSR count). The first kappa shape index (κ1) is 20.8. The van der Waals surface area contributed by atoms with Crippen LogP contribution in [-0.4, -0.2) is 64.8 Å². The van der Waals surface area contributed by atoms with E-state index >= 15 is 0 Å². The predicted molar refractivity (Wildman–Crippen MR) is 114 cm³/mol. The molecule has 1 saturated heterocycles. The molecule has 1 amide bonds. The van der Waals surface area contributed by atoms with Gasteiger partial charge in [0.25, 0.3) is 0 Å². The van der Waals surface area contributed by atoms with Gasteiger partial charge in [-0.15, -0.1) is 10.2 Å². The fourth-order valence-electron chi connectivity index (χ4n) is 3.72. The molecule has 3 heterocycles. The first-order chi connectivity index (χ1) is 13.7. The Bertz CT molecular complexity index is 710. The van der Waals surface area contributed by atoms with Crippen LogP contribution < -0.4 is 10.2 Å². The smallest absolute Gasteiger partial charge is 0.224 e. The second-order valence-corrected chi connectivity index (χ2v) is 8.31. The minimum atomic E-state index is 0.0264. The zero-order valence-corrected chi connectivity index (χ0v) is 17.8. The summed E-state index contributed by atoms with van der Waals surface area (Å²) in [5.41, 5.74) is 0. The Morgan fingerprint density at radius 1 is 1.18 bits per heavy atom. The van der Waals surface area contributed by atoms with Crippen LogP contribution in [0.25, 0.3) is 5.13 Å². The Hall–Kier alpha value is -1.93. The van der Waals surface area contributed by atoms with E-state index in [1.54, 1.807) is 11.3 Å². The molecular weight excluding hydrogens is 372 g/mol. The second-order valence-electron chi connectivity index (χ2n) is 7.38. The van der Waals surface area contributed by atoms with E-state index in [1.165, 1.54) is 0 Å². The highest BCUT2D eigenvalue weighted by Crippen LogP contribution is 2.27. The van der Waals surface area contributed by atoms with Gasteiger partial charge >= 0.3 is 0 Å². The highest BCUT2D eigenvalue weighted by atomic mass is 32.1. The van der Waals surface area contributed by atoms with Gasteiger partial charge in [-0.05, 0) is 50.9 Å². The first-order valence-corrected chi connectivity index (χ1v) is 11.2. The fraction of sp³-hybridized carbons (Fsp3) is 0.650. The summed E-state index contributed by atoms with van der Waals surface area (Å²) in [5.74, 6) is 0.200. The third kappa shape index (κ3) is 5.54. The monoisotopic (exact) mass is 404 g/mol. The molecular formula is C20H32N6OS. The van der Waals surface area contributed by atoms with Crippen LogP contribution in [0.3, 0.4) is 0 Å². The number of hydrogen-bond donors (Lipinski definition) is 1. The molecule has 7 nitrogen and oxygen atoms in total. The molecule has 2 aromatic rings. The molecule has 1 fully saturated rings. The lowest BCUT2D eigenvalue weighted by Gasteiger charge is -2.31. The summed E-state index contributed by atoms with van der Waals surface area (Å²) in [5, 5.41) is 13.6. The first-order valence-electron chi connectivity index (χ1n) is 10.4. The van der Waals surface area contributed by atoms with Gasteiger partial charge in [0.05, 0.1) is 5.92 Å². The number of rotatable bonds is 10. The van der Waals surface area contributed by atoms with Gasteiger partial charge in [-0.2, -0.15) is 0 Å². The second kappa shape index (κ2) is 10.6. The summed E-state index contributed by atoms with van der Waals surface area (Å²) in [4.78, 5) is 17.3. The van der Waals surface area contributed by atoms with E-state index in [-0.39, 0.29) is 11.8 Å². The Kier molecular flexibility index (Phi) is 7.85. The van der Waals surface area contributed by atoms with Crippen LogP contribution in [0, 0.1) is 5.92 Å². The van der Waals surface area contributed by atoms with Crippen LogP contribution in [0.4, 0.5) is 5.13 Å². The van der Waals surface area contributed by atoms with Crippen molar-refractivity contribution in [1.82, 2.24) is 25.0 Å². The molecule has 0 radical (unpaired) electrons. The number of nitrogens with zero attached hydrogens (tertiary/aromatic N) is 5. The Balaban J connectivity index is 1.49. The number of carbonyl (C=O) groups is 1. The van der Waals surface area contributed by atoms with Gasteiger partial charge in [0.15, 0.2) is 0 Å². The number of amides is 1. The minimum absolute atomic E-state index is 0.0264. The SMILES string of the molecule is CCCN(CCC)CCNC(=O)C1CCCN(c2nnc(-n3cccc3)s2)C1. The molecule has 0 saturated carbocycles. The molecule has 1 aliphatic heterocycles. The van der Waals surface area contributed by atoms with Gasteiger partial charge in [0.2, 0.25) is 16.2 Å². The van der Waals surface area contributed by atoms with Crippen molar-refractivity contribution in [2.24, 2.45) is 5.92 Å². The lowest BCUT2D eigenvalue weighted by atomic mass is 9.97. The van der Waals surface area contributed by atoms with Gasteiger partial charge in [-0.3, -0.25) is 9.36 Å². The molecule has 0 aromatic carbocycles. The molecule has 1 unspecified atom stereocenters. The summed E-state index contributed by atoms with van der Waals surface area (Å²) in [6.07, 6.45) is 8.19. The number of nitrogens with one attached hydrogen (secondary N) is 1. The molecule has 2 aromatic heterocycles. The Morgan fingerprint density at radius 3 is 2.61 bits per heavy atom. The number of hydrogen-bond acceptors (Lipinski definition) is 6. The topological polar surface area (TPSA) is 66.3 Å². The maximum absolute atomic E-state index is 12.7. The van der Waals surface area contributed by atoms with Crippen molar-refractivity contribution < 1.29 is 4.79 Å². The van der Waals surface area contributed by atoms with Crippen molar-refractivity contribution in [2.75, 3.05) is 44.2 Å². The minimum Gasteiger partial charge on any atom is -0.355 e. The van der Waals surface area contributed by atoms with Gasteiger partial charge in [-0.25, -0.2) is 0 Å². The van der Waals surface area contributed by atoms with Crippen molar-refractivity contribution in [3.8, 4) is 5.13 Å². The van der Waals surface area contributed by atoms with Crippen LogP contribution in [0.5, 0.6) is 0 Å². The van der Waals surface area contributed by atoms with Gasteiger partial charge in [0.1, 0.15) is 0 Å². The lowest BCUT2D eigenvalue weighted by Crippen LogP contribution is -2.45. The average molecular weight is 405 g/mol. The van der Waals surface area contributed by atoms with E-state index in [0.717, 1.165) is 75.2 Å². The molecule has 0 spiro atoms. The molecule has 8 heteroatoms. The molecule has 154 valence electrons. The van der Waals surface area contributed by atoms with Crippen LogP contribution in [-0.2, 0) is 4.79 Å². The summed E-state index contributed by atoms with van der Waals surface area (Å²) >= 11 is 1.57. The van der Waals surface area contributed by atoms with Crippen molar-refractivity contribution in [1.29, 1.82) is 0 Å². The van der Waals surface area contributed by atoms with Crippen LogP contribution in [0.2, 0.25) is 0 Å². The molecule has 0 aliphatic carbocycles. The average Bonchev–Trinajstić information content (AvgIpc) is 3.40. The zero-order chi connectivity index (χ0) is 19.8. The largest absolute Gasteiger partial charge is 0.355 e. The fourth-order valence-corrected chi connectivity index (χ4v) is 4.57. The Labute approximate surface area is 171 Å². The van der Waals surface area contributed by atoms with Crippen LogP contribution in [0.1, 0.15) is 39.5 Å². The molecule has 1 N–H and O–H groups in total. The van der Waals surface area contributed by atoms with E-state index in [4.69, 9.17) is 0 Å². The van der Waals surface area contributed by atoms with E-state index < -0.39 is 0 Å². The quantitative estimate of drug-likeness (QED) is 0.660. The van der Waals surface area contributed by atoms with Crippen molar-refractivity contribution in [3.63, 3.8) is 0 Å². The number of anilines is 1. The number of aromatic nitrogens is 3. The van der Waals surface area contributed by atoms with Gasteiger partial charge in [-0.1, -0.05) is 25.2 Å². The molecule has 1 aliphatic rings. The maximum atomic E-state index is 12.7. The Morgan fingerprint density at radius 2 is 1.89 bits per heavy atom. The van der Waals surface area contributed by atoms with E-state index in [1.807, 2.05) is 29.1 Å². The summed E-state index contributed by atoms with van der Waals surface area (Å²) in [6, 6.07) is 3.95. The zero-order valence-electron chi connectivity index (χ0n) is 17.0. The van der Waals surface area contributed by atoms with Gasteiger partial charge in [0, 0.05) is 38.6 Å². The van der Waals surface area contributed by atoms with Crippen molar-refractivity contribution >= 4 is 22.4 Å². The molecule has 28 heavy (non-hydrogen) atoms. The van der Waals surface area contributed by atoms with Crippen LogP contribution in [0.15, 0.2) is 24.5 Å². The number of piperidine rings is 1. The summed E-state index contributed by atoms with van der Waals surface area (Å²) in [6.45, 7) is 9.92. The third-order valence-electron chi connectivity index (χ3n) is 5.10. The molecule has 1 atom stereocenters. The van der Waals surface area contributed by atoms with E-state index in [0.29, 0.717) is 0 Å². The predicted octanol–water partition coefficient (Wildman–Crippen LogP) is 2.78. The van der Waals surface area contributed by atoms with E-state index in [9.17, 15) is 4.79 Å². The van der Waals surface area contributed by atoms with Crippen molar-refractivity contribution in [3.05, 3.63) is 24.5 Å². The summed E-state index contributed by atoms with van der Waals surface area (Å²) < 4.78 is 1.97. The van der Waals surface area contributed by atoms with Gasteiger partial charge < -0.3 is 15.1 Å². The highest BCUT2D eigenvalue weighted by molar-refractivity contribution is 7.17. The normalized spacial score (nSPS) is 17.2. The maximum Gasteiger partial charge on any atom is 0.224 e. The lowest BCUT2D eigenvalue weighted by molar-refractivity contribution is -0.125. The standard InChI is InChI=1S/C20H32N6OS/c1-3-10-24(11-4-2)15-9-21-18(27)17-8-7-14-26(16-17)20-23-22-19(28-20)25-12-5-6-13-25/h5-6,12-13,17H,3-4,7-11,14-16H2,1-2H3,(H,21,27). The van der Waals surface area contributed by atoms with E-state index in [2.05, 4.69) is 39.2 Å².